The Kier molecular flexibility index (Phi) is 6.69. The Balaban J connectivity index is 1.48. The Morgan fingerprint density at radius 3 is 2.39 bits per heavy atom. The molecule has 3 rings (SSSR count). The van der Waals surface area contributed by atoms with Crippen LogP contribution in [0, 0.1) is 11.7 Å². The Morgan fingerprint density at radius 1 is 1.11 bits per heavy atom. The van der Waals surface area contributed by atoms with Crippen molar-refractivity contribution in [2.45, 2.75) is 18.6 Å². The number of benzene rings is 2. The third kappa shape index (κ3) is 5.53. The summed E-state index contributed by atoms with van der Waals surface area (Å²) in [6, 6.07) is 12.6. The van der Waals surface area contributed by atoms with Crippen molar-refractivity contribution < 1.29 is 17.6 Å². The molecule has 1 saturated heterocycles. The molecule has 1 fully saturated rings. The topological polar surface area (TPSA) is 66.5 Å². The molecule has 0 aromatic heterocycles. The molecular formula is C20H22ClFN2O3S. The number of likely N-dealkylation sites (tertiary alicyclic amines) is 1. The van der Waals surface area contributed by atoms with Gasteiger partial charge in [-0.1, -0.05) is 35.9 Å². The molecule has 0 unspecified atom stereocenters. The van der Waals surface area contributed by atoms with Gasteiger partial charge in [-0.2, -0.15) is 0 Å². The summed E-state index contributed by atoms with van der Waals surface area (Å²) in [4.78, 5) is 14.1. The summed E-state index contributed by atoms with van der Waals surface area (Å²) in [7, 11) is -3.45. The van der Waals surface area contributed by atoms with Gasteiger partial charge in [-0.25, -0.2) is 17.5 Å². The molecule has 5 nitrogen and oxygen atoms in total. The summed E-state index contributed by atoms with van der Waals surface area (Å²) in [6.07, 6.45) is 1.34. The van der Waals surface area contributed by atoms with E-state index in [-0.39, 0.29) is 23.1 Å². The van der Waals surface area contributed by atoms with E-state index >= 15 is 0 Å². The fourth-order valence-corrected chi connectivity index (χ4v) is 4.59. The molecule has 150 valence electrons. The molecule has 8 heteroatoms. The van der Waals surface area contributed by atoms with E-state index in [2.05, 4.69) is 4.72 Å². The predicted molar refractivity (Wildman–Crippen MR) is 107 cm³/mol. The first-order chi connectivity index (χ1) is 13.3. The number of carbonyl (C=O) groups is 1. The number of amides is 1. The molecule has 1 heterocycles. The van der Waals surface area contributed by atoms with Crippen molar-refractivity contribution in [1.82, 2.24) is 9.62 Å². The normalized spacial score (nSPS) is 15.6. The third-order valence-electron chi connectivity index (χ3n) is 4.87. The number of hydrogen-bond donors (Lipinski definition) is 1. The van der Waals surface area contributed by atoms with Crippen LogP contribution in [-0.2, 0) is 15.8 Å². The number of nitrogens with one attached hydrogen (secondary N) is 1. The van der Waals surface area contributed by atoms with Crippen LogP contribution in [0.5, 0.6) is 0 Å². The second-order valence-corrected chi connectivity index (χ2v) is 9.19. The largest absolute Gasteiger partial charge is 0.339 e. The number of piperidine rings is 1. The van der Waals surface area contributed by atoms with Crippen LogP contribution in [0.15, 0.2) is 48.5 Å². The standard InChI is InChI=1S/C20H22ClFN2O3S/c21-17-7-5-16(6-8-17)14-28(26,27)23-13-15-9-11-24(12-10-15)20(25)18-3-1-2-4-19(18)22/h1-8,15,23H,9-14H2. The molecule has 2 aromatic carbocycles. The number of sulfonamides is 1. The third-order valence-corrected chi connectivity index (χ3v) is 6.44. The van der Waals surface area contributed by atoms with Gasteiger partial charge in [0.05, 0.1) is 11.3 Å². The Bertz CT molecular complexity index is 927. The molecule has 0 aliphatic carbocycles. The minimum absolute atomic E-state index is 0.0737. The van der Waals surface area contributed by atoms with Crippen molar-refractivity contribution in [3.05, 3.63) is 70.5 Å². The fourth-order valence-electron chi connectivity index (χ4n) is 3.24. The van der Waals surface area contributed by atoms with Crippen molar-refractivity contribution in [3.8, 4) is 0 Å². The molecule has 1 amide bonds. The van der Waals surface area contributed by atoms with Gasteiger partial charge in [0.25, 0.3) is 5.91 Å². The van der Waals surface area contributed by atoms with Crippen molar-refractivity contribution in [1.29, 1.82) is 0 Å². The molecule has 0 saturated carbocycles. The second kappa shape index (κ2) is 9.03. The fraction of sp³-hybridized carbons (Fsp3) is 0.350. The van der Waals surface area contributed by atoms with Crippen molar-refractivity contribution in [2.24, 2.45) is 5.92 Å². The van der Waals surface area contributed by atoms with Gasteiger partial charge in [0.1, 0.15) is 5.82 Å². The smallest absolute Gasteiger partial charge is 0.256 e. The van der Waals surface area contributed by atoms with E-state index in [4.69, 9.17) is 11.6 Å². The molecule has 1 aliphatic heterocycles. The van der Waals surface area contributed by atoms with Gasteiger partial charge in [0, 0.05) is 24.7 Å². The maximum Gasteiger partial charge on any atom is 0.256 e. The van der Waals surface area contributed by atoms with Gasteiger partial charge in [-0.05, 0) is 48.6 Å². The molecule has 0 radical (unpaired) electrons. The zero-order valence-corrected chi connectivity index (χ0v) is 16.8. The van der Waals surface area contributed by atoms with Gasteiger partial charge in [0.2, 0.25) is 10.0 Å². The van der Waals surface area contributed by atoms with E-state index in [1.54, 1.807) is 41.3 Å². The van der Waals surface area contributed by atoms with Gasteiger partial charge in [0.15, 0.2) is 0 Å². The Hall–Kier alpha value is -1.96. The maximum atomic E-state index is 13.8. The second-order valence-electron chi connectivity index (χ2n) is 6.95. The zero-order valence-electron chi connectivity index (χ0n) is 15.3. The van der Waals surface area contributed by atoms with Crippen LogP contribution < -0.4 is 4.72 Å². The lowest BCUT2D eigenvalue weighted by Crippen LogP contribution is -2.41. The van der Waals surface area contributed by atoms with Gasteiger partial charge >= 0.3 is 0 Å². The first kappa shape index (κ1) is 20.8. The molecule has 1 N–H and O–H groups in total. The lowest BCUT2D eigenvalue weighted by molar-refractivity contribution is 0.0687. The number of halogens is 2. The average molecular weight is 425 g/mol. The van der Waals surface area contributed by atoms with E-state index in [1.165, 1.54) is 12.1 Å². The van der Waals surface area contributed by atoms with Crippen LogP contribution in [0.4, 0.5) is 4.39 Å². The Labute approximate surface area is 169 Å². The maximum absolute atomic E-state index is 13.8. The SMILES string of the molecule is O=C(c1ccccc1F)N1CCC(CNS(=O)(=O)Cc2ccc(Cl)cc2)CC1. The average Bonchev–Trinajstić information content (AvgIpc) is 2.68. The molecule has 0 spiro atoms. The summed E-state index contributed by atoms with van der Waals surface area (Å²) in [5.74, 6) is -0.802. The number of rotatable bonds is 6. The van der Waals surface area contributed by atoms with Gasteiger partial charge in [-0.3, -0.25) is 4.79 Å². The van der Waals surface area contributed by atoms with Crippen LogP contribution in [-0.4, -0.2) is 38.9 Å². The van der Waals surface area contributed by atoms with Gasteiger partial charge in [-0.15, -0.1) is 0 Å². The molecular weight excluding hydrogens is 403 g/mol. The van der Waals surface area contributed by atoms with E-state index in [9.17, 15) is 17.6 Å². The lowest BCUT2D eigenvalue weighted by atomic mass is 9.96. The zero-order chi connectivity index (χ0) is 20.1. The quantitative estimate of drug-likeness (QED) is 0.772. The van der Waals surface area contributed by atoms with Crippen LogP contribution in [0.3, 0.4) is 0 Å². The van der Waals surface area contributed by atoms with Crippen LogP contribution in [0.2, 0.25) is 5.02 Å². The number of carbonyl (C=O) groups excluding carboxylic acids is 1. The molecule has 0 atom stereocenters. The highest BCUT2D eigenvalue weighted by Gasteiger charge is 2.26. The minimum Gasteiger partial charge on any atom is -0.339 e. The Morgan fingerprint density at radius 2 is 1.75 bits per heavy atom. The van der Waals surface area contributed by atoms with E-state index in [1.807, 2.05) is 0 Å². The van der Waals surface area contributed by atoms with E-state index in [0.29, 0.717) is 43.1 Å². The molecule has 0 bridgehead atoms. The highest BCUT2D eigenvalue weighted by atomic mass is 35.5. The van der Waals surface area contributed by atoms with Crippen molar-refractivity contribution in [2.75, 3.05) is 19.6 Å². The first-order valence-corrected chi connectivity index (χ1v) is 11.1. The number of nitrogens with zero attached hydrogens (tertiary/aromatic N) is 1. The minimum atomic E-state index is -3.45. The summed E-state index contributed by atoms with van der Waals surface area (Å²) in [5.41, 5.74) is 0.742. The van der Waals surface area contributed by atoms with Gasteiger partial charge < -0.3 is 4.90 Å². The van der Waals surface area contributed by atoms with E-state index < -0.39 is 15.8 Å². The van der Waals surface area contributed by atoms with Crippen LogP contribution >= 0.6 is 11.6 Å². The van der Waals surface area contributed by atoms with Crippen molar-refractivity contribution >= 4 is 27.5 Å². The van der Waals surface area contributed by atoms with Crippen LogP contribution in [0.1, 0.15) is 28.8 Å². The summed E-state index contributed by atoms with van der Waals surface area (Å²) in [6.45, 7) is 1.30. The highest BCUT2D eigenvalue weighted by molar-refractivity contribution is 7.88. The molecule has 28 heavy (non-hydrogen) atoms. The lowest BCUT2D eigenvalue weighted by Gasteiger charge is -2.32. The summed E-state index contributed by atoms with van der Waals surface area (Å²) >= 11 is 5.81. The van der Waals surface area contributed by atoms with E-state index in [0.717, 1.165) is 0 Å². The van der Waals surface area contributed by atoms with Crippen molar-refractivity contribution in [3.63, 3.8) is 0 Å². The highest BCUT2D eigenvalue weighted by Crippen LogP contribution is 2.20. The summed E-state index contributed by atoms with van der Waals surface area (Å²) < 4.78 is 41.0. The summed E-state index contributed by atoms with van der Waals surface area (Å²) in [5, 5.41) is 0.561. The number of hydrogen-bond acceptors (Lipinski definition) is 3. The molecule has 1 aliphatic rings. The van der Waals surface area contributed by atoms with Crippen LogP contribution in [0.25, 0.3) is 0 Å². The first-order valence-electron chi connectivity index (χ1n) is 9.09. The predicted octanol–water partition coefficient (Wildman–Crippen LogP) is 3.45. The molecule has 2 aromatic rings. The monoisotopic (exact) mass is 424 g/mol.